The maximum Gasteiger partial charge on any atom is 0.0406 e. The van der Waals surface area contributed by atoms with Crippen LogP contribution in [-0.2, 0) is 19.4 Å². The highest BCUT2D eigenvalue weighted by atomic mass is 14.9. The molecule has 21 heavy (non-hydrogen) atoms. The highest BCUT2D eigenvalue weighted by Crippen LogP contribution is 2.28. The van der Waals surface area contributed by atoms with Crippen molar-refractivity contribution in [2.24, 2.45) is 0 Å². The van der Waals surface area contributed by atoms with Gasteiger partial charge in [-0.1, -0.05) is 29.8 Å². The van der Waals surface area contributed by atoms with Crippen LogP contribution in [-0.4, -0.2) is 0 Å². The molecule has 0 atom stereocenters. The Labute approximate surface area is 128 Å². The van der Waals surface area contributed by atoms with Crippen molar-refractivity contribution < 1.29 is 0 Å². The fraction of sp³-hybridized carbons (Fsp3) is 0.400. The van der Waals surface area contributed by atoms with Crippen LogP contribution in [0, 0.1) is 20.8 Å². The van der Waals surface area contributed by atoms with E-state index in [0.717, 1.165) is 6.54 Å². The first kappa shape index (κ1) is 14.2. The van der Waals surface area contributed by atoms with Gasteiger partial charge >= 0.3 is 0 Å². The molecule has 1 aliphatic carbocycles. The summed E-state index contributed by atoms with van der Waals surface area (Å²) in [6.45, 7) is 7.54. The van der Waals surface area contributed by atoms with Gasteiger partial charge in [-0.15, -0.1) is 0 Å². The molecule has 0 bridgehead atoms. The molecule has 0 unspecified atom stereocenters. The van der Waals surface area contributed by atoms with E-state index in [-0.39, 0.29) is 0 Å². The topological polar surface area (TPSA) is 12.0 Å². The van der Waals surface area contributed by atoms with Gasteiger partial charge in [-0.05, 0) is 80.3 Å². The van der Waals surface area contributed by atoms with Crippen LogP contribution in [0.5, 0.6) is 0 Å². The van der Waals surface area contributed by atoms with Gasteiger partial charge in [0.05, 0.1) is 0 Å². The molecule has 110 valence electrons. The third-order valence-electron chi connectivity index (χ3n) is 4.69. The Bertz CT molecular complexity index is 632. The van der Waals surface area contributed by atoms with E-state index in [4.69, 9.17) is 0 Å². The van der Waals surface area contributed by atoms with E-state index in [0.29, 0.717) is 0 Å². The summed E-state index contributed by atoms with van der Waals surface area (Å²) in [7, 11) is 0. The van der Waals surface area contributed by atoms with Crippen LogP contribution in [0.25, 0.3) is 0 Å². The first-order chi connectivity index (χ1) is 10.1. The molecule has 0 spiro atoms. The zero-order chi connectivity index (χ0) is 14.8. The van der Waals surface area contributed by atoms with E-state index in [1.54, 1.807) is 11.1 Å². The molecule has 1 heteroatoms. The molecule has 2 aromatic rings. The predicted molar refractivity (Wildman–Crippen MR) is 91.1 cm³/mol. The van der Waals surface area contributed by atoms with Gasteiger partial charge in [0, 0.05) is 12.2 Å². The fourth-order valence-electron chi connectivity index (χ4n) is 3.62. The van der Waals surface area contributed by atoms with Crippen molar-refractivity contribution in [3.05, 3.63) is 63.7 Å². The lowest BCUT2D eigenvalue weighted by Gasteiger charge is -2.21. The van der Waals surface area contributed by atoms with Gasteiger partial charge in [0.25, 0.3) is 0 Å². The summed E-state index contributed by atoms with van der Waals surface area (Å²) in [4.78, 5) is 0. The number of hydrogen-bond donors (Lipinski definition) is 1. The molecule has 0 saturated heterocycles. The van der Waals surface area contributed by atoms with Crippen molar-refractivity contribution in [1.29, 1.82) is 0 Å². The smallest absolute Gasteiger partial charge is 0.0406 e. The summed E-state index contributed by atoms with van der Waals surface area (Å²) in [6.07, 6.45) is 5.14. The molecule has 0 aliphatic heterocycles. The van der Waals surface area contributed by atoms with Gasteiger partial charge < -0.3 is 5.32 Å². The monoisotopic (exact) mass is 279 g/mol. The first-order valence-corrected chi connectivity index (χ1v) is 8.06. The van der Waals surface area contributed by atoms with Gasteiger partial charge in [0.2, 0.25) is 0 Å². The maximum absolute atomic E-state index is 3.69. The molecule has 1 nitrogen and oxygen atoms in total. The van der Waals surface area contributed by atoms with Crippen LogP contribution in [0.3, 0.4) is 0 Å². The van der Waals surface area contributed by atoms with E-state index in [9.17, 15) is 0 Å². The van der Waals surface area contributed by atoms with Crippen molar-refractivity contribution in [2.45, 2.75) is 53.0 Å². The molecule has 0 radical (unpaired) electrons. The van der Waals surface area contributed by atoms with Crippen LogP contribution >= 0.6 is 0 Å². The Hall–Kier alpha value is -1.76. The summed E-state index contributed by atoms with van der Waals surface area (Å²) in [5.41, 5.74) is 10.0. The molecule has 1 N–H and O–H groups in total. The lowest BCUT2D eigenvalue weighted by molar-refractivity contribution is 0.686. The van der Waals surface area contributed by atoms with E-state index >= 15 is 0 Å². The van der Waals surface area contributed by atoms with Crippen LogP contribution in [0.1, 0.15) is 46.2 Å². The largest absolute Gasteiger partial charge is 0.381 e. The van der Waals surface area contributed by atoms with Gasteiger partial charge in [-0.2, -0.15) is 0 Å². The Morgan fingerprint density at radius 1 is 0.952 bits per heavy atom. The number of benzene rings is 2. The van der Waals surface area contributed by atoms with Crippen molar-refractivity contribution in [3.8, 4) is 0 Å². The number of anilines is 1. The van der Waals surface area contributed by atoms with Gasteiger partial charge in [0.1, 0.15) is 0 Å². The highest BCUT2D eigenvalue weighted by molar-refractivity contribution is 5.56. The highest BCUT2D eigenvalue weighted by Gasteiger charge is 2.13. The van der Waals surface area contributed by atoms with Gasteiger partial charge in [-0.25, -0.2) is 0 Å². The summed E-state index contributed by atoms with van der Waals surface area (Å²) < 4.78 is 0. The molecule has 0 heterocycles. The van der Waals surface area contributed by atoms with Crippen molar-refractivity contribution >= 4 is 5.69 Å². The van der Waals surface area contributed by atoms with E-state index in [1.165, 1.54) is 53.6 Å². The SMILES string of the molecule is Cc1cc(C)c(CNc2cccc3c2CCCC3)c(C)c1. The molecule has 0 amide bonds. The lowest BCUT2D eigenvalue weighted by atomic mass is 9.90. The minimum absolute atomic E-state index is 0.925. The molecule has 0 aromatic heterocycles. The van der Waals surface area contributed by atoms with E-state index in [2.05, 4.69) is 56.4 Å². The Morgan fingerprint density at radius 2 is 1.67 bits per heavy atom. The summed E-state index contributed by atoms with van der Waals surface area (Å²) in [5.74, 6) is 0. The predicted octanol–water partition coefficient (Wildman–Crippen LogP) is 5.10. The first-order valence-electron chi connectivity index (χ1n) is 8.06. The third kappa shape index (κ3) is 2.97. The van der Waals surface area contributed by atoms with E-state index in [1.807, 2.05) is 0 Å². The number of aryl methyl sites for hydroxylation is 4. The molecule has 2 aromatic carbocycles. The quantitative estimate of drug-likeness (QED) is 0.824. The average molecular weight is 279 g/mol. The molecular weight excluding hydrogens is 254 g/mol. The van der Waals surface area contributed by atoms with Crippen LogP contribution in [0.4, 0.5) is 5.69 Å². The molecule has 1 aliphatic rings. The maximum atomic E-state index is 3.69. The fourth-order valence-corrected chi connectivity index (χ4v) is 3.62. The average Bonchev–Trinajstić information content (AvgIpc) is 2.46. The zero-order valence-corrected chi connectivity index (χ0v) is 13.4. The summed E-state index contributed by atoms with van der Waals surface area (Å²) >= 11 is 0. The van der Waals surface area contributed by atoms with Crippen LogP contribution < -0.4 is 5.32 Å². The number of nitrogens with one attached hydrogen (secondary N) is 1. The van der Waals surface area contributed by atoms with Crippen molar-refractivity contribution in [1.82, 2.24) is 0 Å². The molecule has 3 rings (SSSR count). The third-order valence-corrected chi connectivity index (χ3v) is 4.69. The molecule has 0 saturated carbocycles. The number of hydrogen-bond acceptors (Lipinski definition) is 1. The van der Waals surface area contributed by atoms with Crippen LogP contribution in [0.2, 0.25) is 0 Å². The van der Waals surface area contributed by atoms with E-state index < -0.39 is 0 Å². The number of fused-ring (bicyclic) bond motifs is 1. The number of rotatable bonds is 3. The summed E-state index contributed by atoms with van der Waals surface area (Å²) in [5, 5.41) is 3.69. The van der Waals surface area contributed by atoms with Crippen molar-refractivity contribution in [3.63, 3.8) is 0 Å². The normalized spacial score (nSPS) is 13.9. The minimum atomic E-state index is 0.925. The summed E-state index contributed by atoms with van der Waals surface area (Å²) in [6, 6.07) is 11.3. The Morgan fingerprint density at radius 3 is 2.43 bits per heavy atom. The Balaban J connectivity index is 1.83. The lowest BCUT2D eigenvalue weighted by Crippen LogP contribution is -2.10. The second-order valence-corrected chi connectivity index (χ2v) is 6.38. The zero-order valence-electron chi connectivity index (χ0n) is 13.4. The second-order valence-electron chi connectivity index (χ2n) is 6.38. The van der Waals surface area contributed by atoms with Gasteiger partial charge in [-0.3, -0.25) is 0 Å². The minimum Gasteiger partial charge on any atom is -0.381 e. The Kier molecular flexibility index (Phi) is 4.01. The van der Waals surface area contributed by atoms with Crippen LogP contribution in [0.15, 0.2) is 30.3 Å². The van der Waals surface area contributed by atoms with Crippen molar-refractivity contribution in [2.75, 3.05) is 5.32 Å². The van der Waals surface area contributed by atoms with Gasteiger partial charge in [0.15, 0.2) is 0 Å². The molecule has 0 fully saturated rings. The standard InChI is InChI=1S/C20H25N/c1-14-11-15(2)19(16(3)12-14)13-21-20-10-6-8-17-7-4-5-9-18(17)20/h6,8,10-12,21H,4-5,7,9,13H2,1-3H3. The molecular formula is C20H25N. The second kappa shape index (κ2) is 5.93.